The van der Waals surface area contributed by atoms with E-state index < -0.39 is 0 Å². The molecule has 8 nitrogen and oxygen atoms in total. The van der Waals surface area contributed by atoms with Crippen LogP contribution < -0.4 is 11.1 Å². The number of furan rings is 1. The fraction of sp³-hybridized carbons (Fsp3) is 0.207. The first-order valence-electron chi connectivity index (χ1n) is 12.3. The fourth-order valence-electron chi connectivity index (χ4n) is 4.26. The number of carbonyl (C=O) groups excluding carboxylic acids is 2. The van der Waals surface area contributed by atoms with Gasteiger partial charge in [-0.1, -0.05) is 23.7 Å². The molecule has 2 aromatic carbocycles. The Balaban J connectivity index is 1.21. The van der Waals surface area contributed by atoms with Gasteiger partial charge in [-0.15, -0.1) is 0 Å². The van der Waals surface area contributed by atoms with Crippen molar-refractivity contribution in [3.05, 3.63) is 88.8 Å². The molecule has 1 aliphatic heterocycles. The highest BCUT2D eigenvalue weighted by molar-refractivity contribution is 6.35. The molecule has 38 heavy (non-hydrogen) atoms. The van der Waals surface area contributed by atoms with E-state index in [1.54, 1.807) is 24.4 Å². The molecule has 0 unspecified atom stereocenters. The van der Waals surface area contributed by atoms with Crippen molar-refractivity contribution in [2.45, 2.75) is 6.42 Å². The SMILES string of the molecule is Nc1ccc(C=CC(=O)NCCc2cc3cc(-c4ccc(C(=O)N5CCOCC5)cc4)cc(Cl)c3o2)cn1. The number of pyridine rings is 1. The number of nitrogen functional groups attached to an aromatic ring is 1. The Labute approximate surface area is 225 Å². The van der Waals surface area contributed by atoms with E-state index in [4.69, 9.17) is 26.5 Å². The minimum absolute atomic E-state index is 0.0117. The van der Waals surface area contributed by atoms with Crippen molar-refractivity contribution in [3.63, 3.8) is 0 Å². The number of rotatable bonds is 7. The lowest BCUT2D eigenvalue weighted by Crippen LogP contribution is -2.40. The van der Waals surface area contributed by atoms with Crippen molar-refractivity contribution in [1.29, 1.82) is 0 Å². The summed E-state index contributed by atoms with van der Waals surface area (Å²) < 4.78 is 11.3. The molecule has 194 valence electrons. The summed E-state index contributed by atoms with van der Waals surface area (Å²) in [6.07, 6.45) is 5.25. The largest absolute Gasteiger partial charge is 0.459 e. The van der Waals surface area contributed by atoms with E-state index in [9.17, 15) is 9.59 Å². The summed E-state index contributed by atoms with van der Waals surface area (Å²) >= 11 is 6.54. The van der Waals surface area contributed by atoms with E-state index in [0.717, 1.165) is 27.8 Å². The molecule has 4 aromatic rings. The van der Waals surface area contributed by atoms with Crippen LogP contribution >= 0.6 is 11.6 Å². The monoisotopic (exact) mass is 530 g/mol. The van der Waals surface area contributed by atoms with E-state index >= 15 is 0 Å². The van der Waals surface area contributed by atoms with Gasteiger partial charge in [0.15, 0.2) is 5.58 Å². The number of hydrogen-bond donors (Lipinski definition) is 2. The van der Waals surface area contributed by atoms with Crippen molar-refractivity contribution in [1.82, 2.24) is 15.2 Å². The second kappa shape index (κ2) is 11.5. The number of benzene rings is 2. The van der Waals surface area contributed by atoms with Gasteiger partial charge in [-0.3, -0.25) is 9.59 Å². The molecule has 1 saturated heterocycles. The third kappa shape index (κ3) is 6.04. The zero-order valence-corrected chi connectivity index (χ0v) is 21.4. The van der Waals surface area contributed by atoms with Crippen molar-refractivity contribution in [2.75, 3.05) is 38.6 Å². The number of amides is 2. The highest BCUT2D eigenvalue weighted by Gasteiger charge is 2.18. The number of aromatic nitrogens is 1. The number of halogens is 1. The Bertz CT molecular complexity index is 1470. The number of fused-ring (bicyclic) bond motifs is 1. The van der Waals surface area contributed by atoms with Crippen LogP contribution in [-0.2, 0) is 16.0 Å². The number of morpholine rings is 1. The fourth-order valence-corrected chi connectivity index (χ4v) is 4.53. The first-order valence-corrected chi connectivity index (χ1v) is 12.7. The van der Waals surface area contributed by atoms with Crippen LogP contribution in [0.4, 0.5) is 5.82 Å². The lowest BCUT2D eigenvalue weighted by Gasteiger charge is -2.26. The summed E-state index contributed by atoms with van der Waals surface area (Å²) in [6, 6.07) is 16.8. The molecule has 0 atom stereocenters. The third-order valence-electron chi connectivity index (χ3n) is 6.29. The van der Waals surface area contributed by atoms with Gasteiger partial charge in [-0.25, -0.2) is 4.98 Å². The molecule has 5 rings (SSSR count). The smallest absolute Gasteiger partial charge is 0.254 e. The van der Waals surface area contributed by atoms with Gasteiger partial charge in [-0.2, -0.15) is 0 Å². The Morgan fingerprint density at radius 2 is 1.84 bits per heavy atom. The zero-order chi connectivity index (χ0) is 26.5. The lowest BCUT2D eigenvalue weighted by atomic mass is 10.0. The summed E-state index contributed by atoms with van der Waals surface area (Å²) in [4.78, 5) is 30.7. The summed E-state index contributed by atoms with van der Waals surface area (Å²) in [7, 11) is 0. The topological polar surface area (TPSA) is 111 Å². The molecule has 0 aliphatic carbocycles. The van der Waals surface area contributed by atoms with Gasteiger partial charge >= 0.3 is 0 Å². The average Bonchev–Trinajstić information content (AvgIpc) is 3.36. The number of carbonyl (C=O) groups is 2. The van der Waals surface area contributed by atoms with Crippen LogP contribution in [0.5, 0.6) is 0 Å². The maximum Gasteiger partial charge on any atom is 0.254 e. The van der Waals surface area contributed by atoms with Crippen LogP contribution in [0.1, 0.15) is 21.7 Å². The van der Waals surface area contributed by atoms with Crippen LogP contribution in [0, 0.1) is 0 Å². The normalized spacial score (nSPS) is 13.8. The summed E-state index contributed by atoms with van der Waals surface area (Å²) in [5.74, 6) is 0.947. The second-order valence-corrected chi connectivity index (χ2v) is 9.37. The van der Waals surface area contributed by atoms with Gasteiger partial charge in [0.05, 0.1) is 18.2 Å². The molecular weight excluding hydrogens is 504 g/mol. The van der Waals surface area contributed by atoms with Crippen LogP contribution in [-0.4, -0.2) is 54.5 Å². The maximum absolute atomic E-state index is 12.7. The van der Waals surface area contributed by atoms with Crippen molar-refractivity contribution < 1.29 is 18.7 Å². The molecule has 1 aliphatic rings. The number of nitrogens with two attached hydrogens (primary N) is 1. The third-order valence-corrected chi connectivity index (χ3v) is 6.57. The van der Waals surface area contributed by atoms with E-state index in [1.807, 2.05) is 47.4 Å². The van der Waals surface area contributed by atoms with Crippen molar-refractivity contribution >= 4 is 46.3 Å². The van der Waals surface area contributed by atoms with E-state index in [0.29, 0.717) is 61.3 Å². The predicted molar refractivity (Wildman–Crippen MR) is 148 cm³/mol. The molecule has 9 heteroatoms. The number of nitrogens with one attached hydrogen (secondary N) is 1. The molecule has 0 spiro atoms. The van der Waals surface area contributed by atoms with E-state index in [-0.39, 0.29) is 11.8 Å². The zero-order valence-electron chi connectivity index (χ0n) is 20.7. The number of hydrogen-bond acceptors (Lipinski definition) is 6. The quantitative estimate of drug-likeness (QED) is 0.338. The van der Waals surface area contributed by atoms with E-state index in [2.05, 4.69) is 10.3 Å². The van der Waals surface area contributed by atoms with Crippen LogP contribution in [0.3, 0.4) is 0 Å². The van der Waals surface area contributed by atoms with Gasteiger partial charge in [0.1, 0.15) is 11.6 Å². The Morgan fingerprint density at radius 3 is 2.58 bits per heavy atom. The average molecular weight is 531 g/mol. The second-order valence-electron chi connectivity index (χ2n) is 8.96. The van der Waals surface area contributed by atoms with Gasteiger partial charge < -0.3 is 25.1 Å². The molecule has 1 fully saturated rings. The number of nitrogens with zero attached hydrogens (tertiary/aromatic N) is 2. The van der Waals surface area contributed by atoms with E-state index in [1.165, 1.54) is 6.08 Å². The Morgan fingerprint density at radius 1 is 1.05 bits per heavy atom. The first kappa shape index (κ1) is 25.5. The maximum atomic E-state index is 12.7. The molecule has 0 bridgehead atoms. The van der Waals surface area contributed by atoms with Crippen molar-refractivity contribution in [3.8, 4) is 11.1 Å². The highest BCUT2D eigenvalue weighted by Crippen LogP contribution is 2.33. The molecule has 0 radical (unpaired) electrons. The summed E-state index contributed by atoms with van der Waals surface area (Å²) in [5.41, 5.74) is 9.49. The van der Waals surface area contributed by atoms with Gasteiger partial charge in [0.25, 0.3) is 5.91 Å². The minimum atomic E-state index is -0.214. The first-order chi connectivity index (χ1) is 18.5. The Kier molecular flexibility index (Phi) is 7.72. The number of ether oxygens (including phenoxy) is 1. The molecule has 0 saturated carbocycles. The van der Waals surface area contributed by atoms with Gasteiger partial charge in [0.2, 0.25) is 5.91 Å². The molecule has 2 amide bonds. The summed E-state index contributed by atoms with van der Waals surface area (Å²) in [6.45, 7) is 2.77. The van der Waals surface area contributed by atoms with Crippen molar-refractivity contribution in [2.24, 2.45) is 0 Å². The lowest BCUT2D eigenvalue weighted by molar-refractivity contribution is -0.116. The highest BCUT2D eigenvalue weighted by atomic mass is 35.5. The molecule has 2 aromatic heterocycles. The summed E-state index contributed by atoms with van der Waals surface area (Å²) in [5, 5.41) is 4.22. The Hall–Kier alpha value is -4.14. The predicted octanol–water partition coefficient (Wildman–Crippen LogP) is 4.57. The van der Waals surface area contributed by atoms with Gasteiger partial charge in [-0.05, 0) is 65.2 Å². The standard InChI is InChI=1S/C29H27ClN4O4/c30-25-17-22(20-3-5-21(6-4-20)29(36)34-11-13-37-14-12-34)15-23-16-24(38-28(23)25)9-10-32-27(35)8-2-19-1-7-26(31)33-18-19/h1-8,15-18H,9-14H2,(H2,31,33)(H,32,35). The van der Waals surface area contributed by atoms with Gasteiger partial charge in [0, 0.05) is 49.3 Å². The number of anilines is 1. The van der Waals surface area contributed by atoms with Crippen LogP contribution in [0.25, 0.3) is 28.2 Å². The molecular formula is C29H27ClN4O4. The molecule has 3 N–H and O–H groups in total. The van der Waals surface area contributed by atoms with Crippen LogP contribution in [0.15, 0.2) is 71.3 Å². The minimum Gasteiger partial charge on any atom is -0.459 e. The molecule has 3 heterocycles. The van der Waals surface area contributed by atoms with Crippen LogP contribution in [0.2, 0.25) is 5.02 Å².